The molecule has 3 aromatic rings. The summed E-state index contributed by atoms with van der Waals surface area (Å²) in [5.74, 6) is -6.63. The van der Waals surface area contributed by atoms with Crippen molar-refractivity contribution in [2.75, 3.05) is 18.4 Å². The lowest BCUT2D eigenvalue weighted by molar-refractivity contribution is -0.921. The number of carboxylic acid groups (broad SMARTS) is 1. The number of imidazole rings is 1. The molecule has 17 heteroatoms. The van der Waals surface area contributed by atoms with Crippen molar-refractivity contribution in [1.82, 2.24) is 14.4 Å². The summed E-state index contributed by atoms with van der Waals surface area (Å²) in [6.07, 6.45) is -8.04. The molecule has 2 N–H and O–H groups in total. The molecular formula is C22H20ClF8N5O3. The number of likely N-dealkylation sites (tertiary alicyclic amines) is 1. The molecule has 214 valence electrons. The summed E-state index contributed by atoms with van der Waals surface area (Å²) in [6.45, 7) is 0.924. The minimum atomic E-state index is -5.19. The van der Waals surface area contributed by atoms with E-state index < -0.39 is 35.7 Å². The van der Waals surface area contributed by atoms with Gasteiger partial charge in [0.1, 0.15) is 18.2 Å². The zero-order valence-electron chi connectivity index (χ0n) is 19.5. The first-order valence-corrected chi connectivity index (χ1v) is 11.4. The number of nitrogens with one attached hydrogen (secondary N) is 2. The number of alkyl halides is 8. The molecule has 0 unspecified atom stereocenters. The maximum absolute atomic E-state index is 13.4. The number of fused-ring (bicyclic) bond motifs is 1. The van der Waals surface area contributed by atoms with Crippen molar-refractivity contribution >= 4 is 34.8 Å². The number of nitrogens with zero attached hydrogens (tertiary/aromatic N) is 3. The zero-order valence-corrected chi connectivity index (χ0v) is 20.2. The smallest absolute Gasteiger partial charge is 0.430 e. The highest BCUT2D eigenvalue weighted by Crippen LogP contribution is 2.32. The third-order valence-corrected chi connectivity index (χ3v) is 5.85. The Hall–Kier alpha value is -3.53. The average molecular weight is 590 g/mol. The maximum Gasteiger partial charge on any atom is 0.430 e. The Morgan fingerprint density at radius 3 is 2.31 bits per heavy atom. The van der Waals surface area contributed by atoms with Crippen molar-refractivity contribution in [3.8, 4) is 0 Å². The van der Waals surface area contributed by atoms with Crippen molar-refractivity contribution in [3.05, 3.63) is 58.8 Å². The lowest BCUT2D eigenvalue weighted by Crippen LogP contribution is -3.12. The second-order valence-electron chi connectivity index (χ2n) is 8.41. The van der Waals surface area contributed by atoms with Crippen molar-refractivity contribution < 1.29 is 56.1 Å². The lowest BCUT2D eigenvalue weighted by atomic mass is 10.1. The first kappa shape index (κ1) is 30.0. The summed E-state index contributed by atoms with van der Waals surface area (Å²) in [5, 5.41) is 10.8. The van der Waals surface area contributed by atoms with Crippen LogP contribution in [0.15, 0.2) is 36.7 Å². The Balaban J connectivity index is 0.000000623. The van der Waals surface area contributed by atoms with Crippen LogP contribution in [0.4, 0.5) is 40.9 Å². The van der Waals surface area contributed by atoms with Gasteiger partial charge in [-0.25, -0.2) is 18.7 Å². The zero-order chi connectivity index (χ0) is 29.2. The molecule has 1 fully saturated rings. The van der Waals surface area contributed by atoms with Crippen LogP contribution in [0.3, 0.4) is 0 Å². The minimum Gasteiger partial charge on any atom is -0.542 e. The second-order valence-corrected chi connectivity index (χ2v) is 8.82. The fourth-order valence-corrected chi connectivity index (χ4v) is 3.84. The molecule has 4 rings (SSSR count). The fourth-order valence-electron chi connectivity index (χ4n) is 3.62. The van der Waals surface area contributed by atoms with Crippen LogP contribution >= 0.6 is 11.6 Å². The van der Waals surface area contributed by atoms with Crippen molar-refractivity contribution in [2.24, 2.45) is 0 Å². The van der Waals surface area contributed by atoms with Gasteiger partial charge in [-0.05, 0) is 18.2 Å². The molecule has 0 aromatic carbocycles. The van der Waals surface area contributed by atoms with Crippen molar-refractivity contribution in [3.63, 3.8) is 0 Å². The van der Waals surface area contributed by atoms with E-state index in [1.54, 1.807) is 24.4 Å². The molecule has 8 nitrogen and oxygen atoms in total. The third kappa shape index (κ3) is 7.75. The number of carboxylic acids is 1. The highest BCUT2D eigenvalue weighted by Gasteiger charge is 2.37. The van der Waals surface area contributed by atoms with Gasteiger partial charge in [-0.1, -0.05) is 17.7 Å². The predicted octanol–water partition coefficient (Wildman–Crippen LogP) is 3.01. The van der Waals surface area contributed by atoms with Crippen LogP contribution in [0.5, 0.6) is 0 Å². The normalized spacial score (nSPS) is 15.9. The molecule has 3 aromatic heterocycles. The number of anilines is 1. The van der Waals surface area contributed by atoms with Crippen LogP contribution in [0, 0.1) is 0 Å². The van der Waals surface area contributed by atoms with E-state index >= 15 is 0 Å². The highest BCUT2D eigenvalue weighted by molar-refractivity contribution is 6.33. The van der Waals surface area contributed by atoms with E-state index in [0.29, 0.717) is 30.0 Å². The summed E-state index contributed by atoms with van der Waals surface area (Å²) in [7, 11) is 0. The van der Waals surface area contributed by atoms with Gasteiger partial charge in [0, 0.05) is 13.8 Å². The van der Waals surface area contributed by atoms with Gasteiger partial charge in [-0.2, -0.15) is 26.3 Å². The van der Waals surface area contributed by atoms with Crippen LogP contribution in [0.25, 0.3) is 5.52 Å². The molecule has 1 aliphatic rings. The third-order valence-electron chi connectivity index (χ3n) is 5.57. The van der Waals surface area contributed by atoms with E-state index in [1.165, 1.54) is 4.40 Å². The van der Waals surface area contributed by atoms with Gasteiger partial charge >= 0.3 is 12.4 Å². The topological polar surface area (TPSA) is 104 Å². The molecule has 1 aliphatic heterocycles. The Morgan fingerprint density at radius 1 is 1.15 bits per heavy atom. The van der Waals surface area contributed by atoms with Gasteiger partial charge in [0.05, 0.1) is 42.0 Å². The van der Waals surface area contributed by atoms with Gasteiger partial charge in [-0.3, -0.25) is 9.20 Å². The minimum absolute atomic E-state index is 0. The van der Waals surface area contributed by atoms with E-state index in [9.17, 15) is 39.9 Å². The van der Waals surface area contributed by atoms with Crippen LogP contribution in [0.2, 0.25) is 5.02 Å². The molecule has 0 radical (unpaired) electrons. The number of pyridine rings is 2. The number of carbonyl (C=O) groups excluding carboxylic acids is 2. The van der Waals surface area contributed by atoms with Crippen molar-refractivity contribution in [2.45, 2.75) is 37.7 Å². The largest absolute Gasteiger partial charge is 0.542 e. The lowest BCUT2D eigenvalue weighted by Gasteiger charge is -2.28. The highest BCUT2D eigenvalue weighted by atomic mass is 35.5. The SMILES string of the molecule is O=C(Nc1ncc(C(F)(F)F)cc1Cl)c1nc(C[NH+]2CCC(F)(F)CC2)c2ccccn12.O=C([O-])C(F)(F)F.[HH]. The van der Waals surface area contributed by atoms with Gasteiger partial charge < -0.3 is 20.1 Å². The quantitative estimate of drug-likeness (QED) is 0.456. The van der Waals surface area contributed by atoms with Crippen LogP contribution < -0.4 is 15.3 Å². The molecule has 0 aliphatic carbocycles. The second kappa shape index (κ2) is 11.3. The average Bonchev–Trinajstić information content (AvgIpc) is 3.19. The Morgan fingerprint density at radius 2 is 1.77 bits per heavy atom. The number of hydrogen-bond acceptors (Lipinski definition) is 5. The molecule has 1 amide bonds. The monoisotopic (exact) mass is 589 g/mol. The molecule has 39 heavy (non-hydrogen) atoms. The van der Waals surface area contributed by atoms with Crippen molar-refractivity contribution in [1.29, 1.82) is 0 Å². The summed E-state index contributed by atoms with van der Waals surface area (Å²) >= 11 is 5.87. The number of amides is 1. The summed E-state index contributed by atoms with van der Waals surface area (Å²) in [6, 6.07) is 5.87. The number of piperidine rings is 1. The standard InChI is InChI=1S/C20H17ClF5N5O.C2HF3O2.H2/c21-13-9-12(20(24,25)26)10-27-16(13)29-18(32)17-28-14(15-3-1-2-6-31(15)17)11-30-7-4-19(22,23)5-8-30;3-2(4,5)1(6)7;/h1-3,6,9-10H,4-5,7-8,11H2,(H,27,29,32);(H,6,7);1H. The number of quaternary nitrogens is 1. The van der Waals surface area contributed by atoms with Gasteiger partial charge in [0.15, 0.2) is 5.82 Å². The van der Waals surface area contributed by atoms with Crippen LogP contribution in [-0.4, -0.2) is 51.4 Å². The number of rotatable bonds is 4. The molecule has 0 spiro atoms. The number of halogens is 9. The van der Waals surface area contributed by atoms with E-state index in [2.05, 4.69) is 15.3 Å². The number of carbonyl (C=O) groups is 2. The summed E-state index contributed by atoms with van der Waals surface area (Å²) in [5.41, 5.74) is 0.153. The predicted molar refractivity (Wildman–Crippen MR) is 119 cm³/mol. The molecule has 0 atom stereocenters. The first-order chi connectivity index (χ1) is 18.0. The van der Waals surface area contributed by atoms with Crippen LogP contribution in [0.1, 0.15) is 36.1 Å². The Kier molecular flexibility index (Phi) is 8.69. The molecule has 1 saturated heterocycles. The van der Waals surface area contributed by atoms with E-state index in [1.807, 2.05) is 0 Å². The number of aliphatic carboxylic acids is 1. The molecule has 0 saturated carbocycles. The van der Waals surface area contributed by atoms with Gasteiger partial charge in [-0.15, -0.1) is 0 Å². The number of aromatic nitrogens is 3. The molecular weight excluding hydrogens is 570 g/mol. The fraction of sp³-hybridized carbons (Fsp3) is 0.364. The van der Waals surface area contributed by atoms with Gasteiger partial charge in [0.25, 0.3) is 11.8 Å². The molecule has 4 heterocycles. The van der Waals surface area contributed by atoms with E-state index in [-0.39, 0.29) is 44.0 Å². The van der Waals surface area contributed by atoms with Crippen LogP contribution in [-0.2, 0) is 17.5 Å². The summed E-state index contributed by atoms with van der Waals surface area (Å²) in [4.78, 5) is 30.5. The maximum atomic E-state index is 13.4. The molecule has 0 bridgehead atoms. The van der Waals surface area contributed by atoms with E-state index in [4.69, 9.17) is 21.5 Å². The first-order valence-electron chi connectivity index (χ1n) is 11.0. The number of hydrogen-bond donors (Lipinski definition) is 2. The van der Waals surface area contributed by atoms with Gasteiger partial charge in [0.2, 0.25) is 5.82 Å². The Bertz CT molecular complexity index is 1360. The van der Waals surface area contributed by atoms with E-state index in [0.717, 1.165) is 4.90 Å². The Labute approximate surface area is 220 Å². The summed E-state index contributed by atoms with van der Waals surface area (Å²) < 4.78 is 98.4.